The molecule has 0 saturated carbocycles. The van der Waals surface area contributed by atoms with Crippen LogP contribution in [0.15, 0.2) is 23.1 Å². The zero-order valence-corrected chi connectivity index (χ0v) is 14.2. The summed E-state index contributed by atoms with van der Waals surface area (Å²) in [5.41, 5.74) is 0.685. The molecule has 1 N–H and O–H groups in total. The molecule has 0 unspecified atom stereocenters. The van der Waals surface area contributed by atoms with E-state index in [9.17, 15) is 14.7 Å². The summed E-state index contributed by atoms with van der Waals surface area (Å²) in [6.45, 7) is 2.01. The molecule has 0 aliphatic carbocycles. The summed E-state index contributed by atoms with van der Waals surface area (Å²) in [7, 11) is 1.25. The molecule has 23 heavy (non-hydrogen) atoms. The van der Waals surface area contributed by atoms with E-state index in [4.69, 9.17) is 17.0 Å². The van der Waals surface area contributed by atoms with Crippen molar-refractivity contribution in [2.75, 3.05) is 20.3 Å². The lowest BCUT2D eigenvalue weighted by atomic mass is 10.2. The van der Waals surface area contributed by atoms with Gasteiger partial charge in [-0.25, -0.2) is 0 Å². The molecule has 1 heterocycles. The average molecular weight is 353 g/mol. The van der Waals surface area contributed by atoms with Crippen LogP contribution >= 0.6 is 24.0 Å². The highest BCUT2D eigenvalue weighted by Gasteiger charge is 2.33. The fraction of sp³-hybridized carbons (Fsp3) is 0.267. The first-order chi connectivity index (χ1) is 11.0. The molecule has 1 aromatic carbocycles. The van der Waals surface area contributed by atoms with Crippen molar-refractivity contribution >= 4 is 46.3 Å². The normalized spacial score (nSPS) is 16.1. The van der Waals surface area contributed by atoms with E-state index in [1.54, 1.807) is 18.2 Å². The second kappa shape index (κ2) is 7.47. The average Bonchev–Trinajstić information content (AvgIpc) is 2.78. The molecule has 1 aliphatic heterocycles. The molecule has 2 rings (SSSR count). The minimum absolute atomic E-state index is 0.0299. The predicted molar refractivity (Wildman–Crippen MR) is 91.2 cm³/mol. The van der Waals surface area contributed by atoms with Gasteiger partial charge in [-0.05, 0) is 30.7 Å². The standard InChI is InChI=1S/C15H15NO5S2/c1-3-21-11-6-9(4-5-10(11)17)7-12-14(19)16(15(22)23-12)8-13(18)20-2/h4-7,17H,3,8H2,1-2H3/b12-7-. The zero-order valence-electron chi connectivity index (χ0n) is 12.6. The van der Waals surface area contributed by atoms with Gasteiger partial charge in [0, 0.05) is 0 Å². The summed E-state index contributed by atoms with van der Waals surface area (Å²) in [6, 6.07) is 4.78. The van der Waals surface area contributed by atoms with Crippen molar-refractivity contribution in [3.63, 3.8) is 0 Å². The fourth-order valence-electron chi connectivity index (χ4n) is 1.87. The Kier molecular flexibility index (Phi) is 5.62. The van der Waals surface area contributed by atoms with Crippen LogP contribution in [-0.2, 0) is 14.3 Å². The maximum absolute atomic E-state index is 12.3. The lowest BCUT2D eigenvalue weighted by Gasteiger charge is -2.11. The molecule has 0 radical (unpaired) electrons. The maximum atomic E-state index is 12.3. The molecule has 1 amide bonds. The summed E-state index contributed by atoms with van der Waals surface area (Å²) in [6.07, 6.45) is 1.64. The minimum atomic E-state index is -0.536. The van der Waals surface area contributed by atoms with Crippen LogP contribution in [0, 0.1) is 0 Å². The van der Waals surface area contributed by atoms with Gasteiger partial charge < -0.3 is 14.6 Å². The van der Waals surface area contributed by atoms with Gasteiger partial charge in [0.1, 0.15) is 10.9 Å². The highest BCUT2D eigenvalue weighted by molar-refractivity contribution is 8.26. The number of hydrogen-bond donors (Lipinski definition) is 1. The van der Waals surface area contributed by atoms with Gasteiger partial charge in [-0.2, -0.15) is 0 Å². The molecule has 0 spiro atoms. The number of rotatable bonds is 5. The van der Waals surface area contributed by atoms with E-state index >= 15 is 0 Å². The van der Waals surface area contributed by atoms with Crippen LogP contribution in [0.1, 0.15) is 12.5 Å². The molecule has 8 heteroatoms. The summed E-state index contributed by atoms with van der Waals surface area (Å²) < 4.78 is 10.2. The number of aromatic hydroxyl groups is 1. The first-order valence-electron chi connectivity index (χ1n) is 6.74. The monoisotopic (exact) mass is 353 g/mol. The topological polar surface area (TPSA) is 76.1 Å². The van der Waals surface area contributed by atoms with Crippen LogP contribution < -0.4 is 4.74 Å². The Balaban J connectivity index is 2.23. The minimum Gasteiger partial charge on any atom is -0.504 e. The van der Waals surface area contributed by atoms with Crippen LogP contribution in [0.5, 0.6) is 11.5 Å². The number of carbonyl (C=O) groups is 2. The molecular weight excluding hydrogens is 338 g/mol. The Bertz CT molecular complexity index is 686. The molecule has 1 saturated heterocycles. The molecule has 1 aliphatic rings. The third-order valence-corrected chi connectivity index (χ3v) is 4.35. The number of esters is 1. The van der Waals surface area contributed by atoms with Crippen LogP contribution in [0.2, 0.25) is 0 Å². The van der Waals surface area contributed by atoms with Crippen LogP contribution in [0.25, 0.3) is 6.08 Å². The van der Waals surface area contributed by atoms with Gasteiger partial charge in [0.25, 0.3) is 5.91 Å². The molecule has 0 atom stereocenters. The first-order valence-corrected chi connectivity index (χ1v) is 7.96. The van der Waals surface area contributed by atoms with Gasteiger partial charge in [0.2, 0.25) is 0 Å². The highest BCUT2D eigenvalue weighted by atomic mass is 32.2. The van der Waals surface area contributed by atoms with Crippen molar-refractivity contribution in [1.29, 1.82) is 0 Å². The molecule has 0 bridgehead atoms. The zero-order chi connectivity index (χ0) is 17.0. The Morgan fingerprint density at radius 2 is 2.22 bits per heavy atom. The lowest BCUT2D eigenvalue weighted by molar-refractivity contribution is -0.143. The van der Waals surface area contributed by atoms with Gasteiger partial charge in [-0.15, -0.1) is 0 Å². The smallest absolute Gasteiger partial charge is 0.325 e. The van der Waals surface area contributed by atoms with E-state index in [2.05, 4.69) is 4.74 Å². The van der Waals surface area contributed by atoms with E-state index in [1.807, 2.05) is 6.92 Å². The highest BCUT2D eigenvalue weighted by Crippen LogP contribution is 2.34. The number of nitrogens with zero attached hydrogens (tertiary/aromatic N) is 1. The number of carbonyl (C=O) groups excluding carboxylic acids is 2. The van der Waals surface area contributed by atoms with Crippen LogP contribution in [0.4, 0.5) is 0 Å². The molecule has 0 aromatic heterocycles. The van der Waals surface area contributed by atoms with Crippen molar-refractivity contribution in [3.8, 4) is 11.5 Å². The van der Waals surface area contributed by atoms with Crippen molar-refractivity contribution in [3.05, 3.63) is 28.7 Å². The number of benzene rings is 1. The summed E-state index contributed by atoms with van der Waals surface area (Å²) in [5.74, 6) is -0.518. The number of amides is 1. The molecule has 1 aromatic rings. The Morgan fingerprint density at radius 1 is 1.48 bits per heavy atom. The third kappa shape index (κ3) is 4.02. The van der Waals surface area contributed by atoms with Gasteiger partial charge in [-0.3, -0.25) is 14.5 Å². The van der Waals surface area contributed by atoms with Gasteiger partial charge >= 0.3 is 5.97 Å². The molecule has 122 valence electrons. The molecular formula is C15H15NO5S2. The first kappa shape index (κ1) is 17.3. The van der Waals surface area contributed by atoms with Crippen LogP contribution in [-0.4, -0.2) is 46.5 Å². The third-order valence-electron chi connectivity index (χ3n) is 2.97. The van der Waals surface area contributed by atoms with Crippen molar-refractivity contribution in [2.24, 2.45) is 0 Å². The van der Waals surface area contributed by atoms with E-state index in [1.165, 1.54) is 18.1 Å². The molecule has 1 fully saturated rings. The molecule has 6 nitrogen and oxygen atoms in total. The van der Waals surface area contributed by atoms with Crippen molar-refractivity contribution in [1.82, 2.24) is 4.90 Å². The second-order valence-electron chi connectivity index (χ2n) is 4.50. The predicted octanol–water partition coefficient (Wildman–Crippen LogP) is 2.17. The number of phenolic OH excluding ortho intramolecular Hbond substituents is 1. The van der Waals surface area contributed by atoms with E-state index in [0.29, 0.717) is 27.1 Å². The SMILES string of the molecule is CCOc1cc(/C=C2\SC(=S)N(CC(=O)OC)C2=O)ccc1O. The second-order valence-corrected chi connectivity index (χ2v) is 6.18. The Labute approximate surface area is 143 Å². The number of thiocarbonyl (C=S) groups is 1. The number of thioether (sulfide) groups is 1. The largest absolute Gasteiger partial charge is 0.504 e. The number of ether oxygens (including phenoxy) is 2. The van der Waals surface area contributed by atoms with Gasteiger partial charge in [0.15, 0.2) is 11.5 Å². The van der Waals surface area contributed by atoms with Crippen LogP contribution in [0.3, 0.4) is 0 Å². The Hall–Kier alpha value is -2.06. The van der Waals surface area contributed by atoms with E-state index in [0.717, 1.165) is 11.8 Å². The van der Waals surface area contributed by atoms with E-state index < -0.39 is 5.97 Å². The lowest BCUT2D eigenvalue weighted by Crippen LogP contribution is -2.33. The number of hydrogen-bond acceptors (Lipinski definition) is 7. The number of phenols is 1. The summed E-state index contributed by atoms with van der Waals surface area (Å²) in [5, 5.41) is 9.69. The van der Waals surface area contributed by atoms with Crippen molar-refractivity contribution in [2.45, 2.75) is 6.92 Å². The Morgan fingerprint density at radius 3 is 2.87 bits per heavy atom. The quantitative estimate of drug-likeness (QED) is 0.494. The number of methoxy groups -OCH3 is 1. The van der Waals surface area contributed by atoms with Gasteiger partial charge in [-0.1, -0.05) is 30.0 Å². The summed E-state index contributed by atoms with van der Waals surface area (Å²) in [4.78, 5) is 25.2. The van der Waals surface area contributed by atoms with Crippen molar-refractivity contribution < 1.29 is 24.2 Å². The summed E-state index contributed by atoms with van der Waals surface area (Å²) >= 11 is 6.23. The van der Waals surface area contributed by atoms with E-state index in [-0.39, 0.29) is 18.2 Å². The fourth-order valence-corrected chi connectivity index (χ4v) is 3.13. The maximum Gasteiger partial charge on any atom is 0.325 e. The van der Waals surface area contributed by atoms with Gasteiger partial charge in [0.05, 0.1) is 18.6 Å².